The van der Waals surface area contributed by atoms with Crippen molar-refractivity contribution in [3.05, 3.63) is 18.0 Å². The maximum Gasteiger partial charge on any atom is 0.225 e. The highest BCUT2D eigenvalue weighted by Gasteiger charge is 2.11. The molecular weight excluding hydrogens is 210 g/mol. The van der Waals surface area contributed by atoms with Crippen LogP contribution in [-0.2, 0) is 6.61 Å². The second-order valence-corrected chi connectivity index (χ2v) is 4.73. The SMILES string of the molecule is OCc1cnc(N2CCCSCC2)nc1. The summed E-state index contributed by atoms with van der Waals surface area (Å²) in [7, 11) is 0. The topological polar surface area (TPSA) is 49.3 Å². The standard InChI is InChI=1S/C10H15N3OS/c14-8-9-6-11-10(12-7-9)13-2-1-4-15-5-3-13/h6-7,14H,1-5,8H2. The van der Waals surface area contributed by atoms with E-state index in [1.807, 2.05) is 11.8 Å². The zero-order valence-corrected chi connectivity index (χ0v) is 9.41. The molecule has 15 heavy (non-hydrogen) atoms. The van der Waals surface area contributed by atoms with Gasteiger partial charge in [-0.05, 0) is 12.2 Å². The van der Waals surface area contributed by atoms with Gasteiger partial charge in [0.15, 0.2) is 0 Å². The van der Waals surface area contributed by atoms with E-state index < -0.39 is 0 Å². The van der Waals surface area contributed by atoms with Gasteiger partial charge in [-0.1, -0.05) is 0 Å². The molecule has 1 aromatic heterocycles. The number of aliphatic hydroxyl groups excluding tert-OH is 1. The first-order valence-electron chi connectivity index (χ1n) is 5.14. The van der Waals surface area contributed by atoms with Gasteiger partial charge < -0.3 is 10.0 Å². The van der Waals surface area contributed by atoms with Gasteiger partial charge in [0.2, 0.25) is 5.95 Å². The predicted molar refractivity (Wildman–Crippen MR) is 62.1 cm³/mol. The van der Waals surface area contributed by atoms with E-state index in [9.17, 15) is 0 Å². The summed E-state index contributed by atoms with van der Waals surface area (Å²) in [6, 6.07) is 0. The Labute approximate surface area is 93.7 Å². The number of rotatable bonds is 2. The molecule has 0 aliphatic carbocycles. The minimum atomic E-state index is 0.0101. The summed E-state index contributed by atoms with van der Waals surface area (Å²) < 4.78 is 0. The van der Waals surface area contributed by atoms with Crippen LogP contribution < -0.4 is 4.90 Å². The van der Waals surface area contributed by atoms with Gasteiger partial charge in [-0.3, -0.25) is 0 Å². The molecule has 1 N–H and O–H groups in total. The molecule has 1 aromatic rings. The van der Waals surface area contributed by atoms with Crippen molar-refractivity contribution in [3.8, 4) is 0 Å². The van der Waals surface area contributed by atoms with Gasteiger partial charge in [0.25, 0.3) is 0 Å². The zero-order valence-electron chi connectivity index (χ0n) is 8.59. The van der Waals surface area contributed by atoms with Crippen molar-refractivity contribution in [1.29, 1.82) is 0 Å². The third kappa shape index (κ3) is 2.82. The van der Waals surface area contributed by atoms with Crippen molar-refractivity contribution in [3.63, 3.8) is 0 Å². The molecule has 1 saturated heterocycles. The van der Waals surface area contributed by atoms with Crippen molar-refractivity contribution in [2.75, 3.05) is 29.5 Å². The van der Waals surface area contributed by atoms with Crippen LogP contribution >= 0.6 is 11.8 Å². The molecule has 0 unspecified atom stereocenters. The Morgan fingerprint density at radius 2 is 2.07 bits per heavy atom. The Morgan fingerprint density at radius 3 is 2.80 bits per heavy atom. The molecule has 0 aromatic carbocycles. The number of hydrogen-bond donors (Lipinski definition) is 1. The van der Waals surface area contributed by atoms with E-state index in [-0.39, 0.29) is 6.61 Å². The third-order valence-corrected chi connectivity index (χ3v) is 3.43. The Morgan fingerprint density at radius 1 is 1.27 bits per heavy atom. The van der Waals surface area contributed by atoms with Crippen LogP contribution in [0, 0.1) is 0 Å². The zero-order chi connectivity index (χ0) is 10.5. The van der Waals surface area contributed by atoms with Crippen molar-refractivity contribution in [2.45, 2.75) is 13.0 Å². The normalized spacial score (nSPS) is 17.5. The number of thioether (sulfide) groups is 1. The summed E-state index contributed by atoms with van der Waals surface area (Å²) in [5, 5.41) is 8.89. The quantitative estimate of drug-likeness (QED) is 0.811. The van der Waals surface area contributed by atoms with Crippen molar-refractivity contribution >= 4 is 17.7 Å². The van der Waals surface area contributed by atoms with Crippen LogP contribution in [0.15, 0.2) is 12.4 Å². The van der Waals surface area contributed by atoms with Crippen LogP contribution in [0.4, 0.5) is 5.95 Å². The summed E-state index contributed by atoms with van der Waals surface area (Å²) in [5.41, 5.74) is 0.767. The molecule has 2 rings (SSSR count). The molecular formula is C10H15N3OS. The molecule has 2 heterocycles. The lowest BCUT2D eigenvalue weighted by molar-refractivity contribution is 0.281. The highest BCUT2D eigenvalue weighted by atomic mass is 32.2. The third-order valence-electron chi connectivity index (χ3n) is 2.38. The average molecular weight is 225 g/mol. The Kier molecular flexibility index (Phi) is 3.80. The van der Waals surface area contributed by atoms with Gasteiger partial charge in [0, 0.05) is 36.8 Å². The van der Waals surface area contributed by atoms with Crippen LogP contribution in [-0.4, -0.2) is 39.7 Å². The maximum absolute atomic E-state index is 8.89. The van der Waals surface area contributed by atoms with Crippen LogP contribution in [0.2, 0.25) is 0 Å². The lowest BCUT2D eigenvalue weighted by atomic mass is 10.4. The maximum atomic E-state index is 8.89. The summed E-state index contributed by atoms with van der Waals surface area (Å²) in [5.74, 6) is 3.16. The fraction of sp³-hybridized carbons (Fsp3) is 0.600. The van der Waals surface area contributed by atoms with Gasteiger partial charge in [0.05, 0.1) is 6.61 Å². The van der Waals surface area contributed by atoms with E-state index >= 15 is 0 Å². The second kappa shape index (κ2) is 5.32. The lowest BCUT2D eigenvalue weighted by Crippen LogP contribution is -2.27. The van der Waals surface area contributed by atoms with Crippen LogP contribution in [0.1, 0.15) is 12.0 Å². The van der Waals surface area contributed by atoms with Crippen molar-refractivity contribution in [2.24, 2.45) is 0 Å². The number of aromatic nitrogens is 2. The number of anilines is 1. The highest BCUT2D eigenvalue weighted by Crippen LogP contribution is 2.14. The Bertz CT molecular complexity index is 296. The molecule has 82 valence electrons. The van der Waals surface area contributed by atoms with Gasteiger partial charge in [0.1, 0.15) is 0 Å². The first-order chi connectivity index (χ1) is 7.40. The molecule has 0 spiro atoms. The van der Waals surface area contributed by atoms with Crippen molar-refractivity contribution in [1.82, 2.24) is 9.97 Å². The number of hydrogen-bond acceptors (Lipinski definition) is 5. The minimum absolute atomic E-state index is 0.0101. The molecule has 0 atom stereocenters. The molecule has 1 fully saturated rings. The lowest BCUT2D eigenvalue weighted by Gasteiger charge is -2.19. The summed E-state index contributed by atoms with van der Waals surface area (Å²) >= 11 is 1.98. The molecule has 0 bridgehead atoms. The molecule has 0 saturated carbocycles. The van der Waals surface area contributed by atoms with E-state index in [4.69, 9.17) is 5.11 Å². The summed E-state index contributed by atoms with van der Waals surface area (Å²) in [6.45, 7) is 2.06. The smallest absolute Gasteiger partial charge is 0.225 e. The molecule has 0 radical (unpaired) electrons. The molecule has 5 heteroatoms. The van der Waals surface area contributed by atoms with E-state index in [1.54, 1.807) is 12.4 Å². The van der Waals surface area contributed by atoms with E-state index in [1.165, 1.54) is 12.2 Å². The van der Waals surface area contributed by atoms with Crippen LogP contribution in [0.5, 0.6) is 0 Å². The Hall–Kier alpha value is -0.810. The second-order valence-electron chi connectivity index (χ2n) is 3.50. The van der Waals surface area contributed by atoms with Crippen LogP contribution in [0.3, 0.4) is 0 Å². The Balaban J connectivity index is 2.06. The fourth-order valence-electron chi connectivity index (χ4n) is 1.54. The van der Waals surface area contributed by atoms with Crippen LogP contribution in [0.25, 0.3) is 0 Å². The summed E-state index contributed by atoms with van der Waals surface area (Å²) in [6.07, 6.45) is 4.58. The first-order valence-corrected chi connectivity index (χ1v) is 6.30. The van der Waals surface area contributed by atoms with E-state index in [2.05, 4.69) is 14.9 Å². The summed E-state index contributed by atoms with van der Waals surface area (Å²) in [4.78, 5) is 10.7. The average Bonchev–Trinajstić information content (AvgIpc) is 2.58. The van der Waals surface area contributed by atoms with Gasteiger partial charge in [-0.2, -0.15) is 11.8 Å². The first kappa shape index (κ1) is 10.7. The van der Waals surface area contributed by atoms with Gasteiger partial charge in [-0.15, -0.1) is 0 Å². The molecule has 0 amide bonds. The highest BCUT2D eigenvalue weighted by molar-refractivity contribution is 7.99. The molecule has 1 aliphatic heterocycles. The minimum Gasteiger partial charge on any atom is -0.392 e. The molecule has 1 aliphatic rings. The van der Waals surface area contributed by atoms with E-state index in [0.717, 1.165) is 30.4 Å². The largest absolute Gasteiger partial charge is 0.392 e. The fourth-order valence-corrected chi connectivity index (χ4v) is 2.43. The van der Waals surface area contributed by atoms with E-state index in [0.29, 0.717) is 0 Å². The van der Waals surface area contributed by atoms with Gasteiger partial charge in [-0.25, -0.2) is 9.97 Å². The monoisotopic (exact) mass is 225 g/mol. The van der Waals surface area contributed by atoms with Crippen molar-refractivity contribution < 1.29 is 5.11 Å². The molecule has 4 nitrogen and oxygen atoms in total. The predicted octanol–water partition coefficient (Wildman–Crippen LogP) is 0.912. The van der Waals surface area contributed by atoms with Gasteiger partial charge >= 0.3 is 0 Å². The number of aliphatic hydroxyl groups is 1. The number of nitrogens with zero attached hydrogens (tertiary/aromatic N) is 3.